The third kappa shape index (κ3) is 3.67. The number of ether oxygens (including phenoxy) is 1. The number of rotatable bonds is 4. The van der Waals surface area contributed by atoms with E-state index >= 15 is 0 Å². The van der Waals surface area contributed by atoms with Crippen molar-refractivity contribution in [3.05, 3.63) is 45.5 Å². The van der Waals surface area contributed by atoms with Crippen molar-refractivity contribution < 1.29 is 27.6 Å². The molecule has 0 aromatic heterocycles. The molecule has 0 saturated carbocycles. The van der Waals surface area contributed by atoms with Gasteiger partial charge in [-0.1, -0.05) is 12.1 Å². The summed E-state index contributed by atoms with van der Waals surface area (Å²) in [5.74, 6) is -1.19. The lowest BCUT2D eigenvalue weighted by Crippen LogP contribution is -2.23. The number of nitrogens with zero attached hydrogens (tertiary/aromatic N) is 1. The van der Waals surface area contributed by atoms with Crippen molar-refractivity contribution in [2.24, 2.45) is 0 Å². The molecule has 0 saturated heterocycles. The van der Waals surface area contributed by atoms with E-state index < -0.39 is 28.7 Å². The number of halogens is 3. The molecular formula is C11H10F3NO4. The van der Waals surface area contributed by atoms with E-state index in [4.69, 9.17) is 0 Å². The maximum Gasteiger partial charge on any atom is 0.416 e. The van der Waals surface area contributed by atoms with Crippen LogP contribution in [0.15, 0.2) is 24.3 Å². The molecule has 1 aromatic carbocycles. The minimum absolute atomic E-state index is 0.0951. The number of nitro groups is 1. The first-order valence-corrected chi connectivity index (χ1v) is 5.24. The Morgan fingerprint density at radius 1 is 1.47 bits per heavy atom. The quantitative estimate of drug-likeness (QED) is 0.482. The fraction of sp³-hybridized carbons (Fsp3) is 0.364. The number of hydrogen-bond donors (Lipinski definition) is 0. The maximum absolute atomic E-state index is 12.5. The van der Waals surface area contributed by atoms with Crippen LogP contribution < -0.4 is 0 Å². The highest BCUT2D eigenvalue weighted by Crippen LogP contribution is 2.31. The highest BCUT2D eigenvalue weighted by molar-refractivity contribution is 5.76. The molecule has 0 aliphatic rings. The van der Waals surface area contributed by atoms with Crippen LogP contribution >= 0.6 is 0 Å². The molecule has 0 fully saturated rings. The molecule has 19 heavy (non-hydrogen) atoms. The normalized spacial score (nSPS) is 12.8. The zero-order valence-electron chi connectivity index (χ0n) is 9.81. The second-order valence-corrected chi connectivity index (χ2v) is 3.56. The Balaban J connectivity index is 3.17. The van der Waals surface area contributed by atoms with Gasteiger partial charge in [0, 0.05) is 10.5 Å². The molecule has 0 N–H and O–H groups in total. The lowest BCUT2D eigenvalue weighted by atomic mass is 10.0. The average Bonchev–Trinajstić information content (AvgIpc) is 2.28. The first-order valence-electron chi connectivity index (χ1n) is 5.24. The van der Waals surface area contributed by atoms with E-state index in [1.807, 2.05) is 0 Å². The molecule has 1 unspecified atom stereocenters. The summed E-state index contributed by atoms with van der Waals surface area (Å²) in [4.78, 5) is 21.2. The van der Waals surface area contributed by atoms with Gasteiger partial charge in [-0.05, 0) is 19.1 Å². The van der Waals surface area contributed by atoms with Gasteiger partial charge in [-0.15, -0.1) is 0 Å². The van der Waals surface area contributed by atoms with Crippen LogP contribution in [0.4, 0.5) is 13.2 Å². The fourth-order valence-electron chi connectivity index (χ4n) is 1.45. The van der Waals surface area contributed by atoms with Crippen LogP contribution in [-0.2, 0) is 15.7 Å². The van der Waals surface area contributed by atoms with Gasteiger partial charge >= 0.3 is 18.2 Å². The van der Waals surface area contributed by atoms with Gasteiger partial charge in [-0.3, -0.25) is 10.1 Å². The van der Waals surface area contributed by atoms with Crippen LogP contribution in [0, 0.1) is 10.1 Å². The molecule has 0 heterocycles. The summed E-state index contributed by atoms with van der Waals surface area (Å²) >= 11 is 0. The third-order valence-electron chi connectivity index (χ3n) is 2.25. The van der Waals surface area contributed by atoms with Gasteiger partial charge in [0.1, 0.15) is 0 Å². The van der Waals surface area contributed by atoms with Crippen molar-refractivity contribution in [1.82, 2.24) is 0 Å². The van der Waals surface area contributed by atoms with E-state index in [0.717, 1.165) is 18.2 Å². The van der Waals surface area contributed by atoms with Crippen molar-refractivity contribution in [3.63, 3.8) is 0 Å². The van der Waals surface area contributed by atoms with E-state index in [1.165, 1.54) is 6.92 Å². The summed E-state index contributed by atoms with van der Waals surface area (Å²) in [5.41, 5.74) is -1.42. The highest BCUT2D eigenvalue weighted by Gasteiger charge is 2.36. The molecule has 1 aromatic rings. The molecule has 5 nitrogen and oxygen atoms in total. The van der Waals surface area contributed by atoms with E-state index in [9.17, 15) is 28.1 Å². The standard InChI is InChI=1S/C11H10F3NO4/c1-2-19-10(16)9(15(17)18)7-4-3-5-8(6-7)11(12,13)14/h3-6,9H,2H2,1H3. The lowest BCUT2D eigenvalue weighted by Gasteiger charge is -2.11. The molecule has 8 heteroatoms. The smallest absolute Gasteiger partial charge is 0.416 e. The second-order valence-electron chi connectivity index (χ2n) is 3.56. The number of esters is 1. The Hall–Kier alpha value is -2.12. The molecule has 1 rings (SSSR count). The molecule has 0 aliphatic carbocycles. The molecule has 0 aliphatic heterocycles. The Morgan fingerprint density at radius 3 is 2.58 bits per heavy atom. The number of alkyl halides is 3. The Labute approximate surface area is 106 Å². The van der Waals surface area contributed by atoms with Crippen molar-refractivity contribution in [1.29, 1.82) is 0 Å². The first kappa shape index (κ1) is 14.9. The van der Waals surface area contributed by atoms with Gasteiger partial charge in [0.2, 0.25) is 0 Å². The van der Waals surface area contributed by atoms with Gasteiger partial charge in [0.05, 0.1) is 12.2 Å². The SMILES string of the molecule is CCOC(=O)C(c1cccc(C(F)(F)F)c1)[N+](=O)[O-]. The Morgan fingerprint density at radius 2 is 2.11 bits per heavy atom. The van der Waals surface area contributed by atoms with E-state index in [1.54, 1.807) is 0 Å². The summed E-state index contributed by atoms with van der Waals surface area (Å²) in [5, 5.41) is 10.8. The molecule has 0 radical (unpaired) electrons. The molecule has 1 atom stereocenters. The number of carbonyl (C=O) groups is 1. The van der Waals surface area contributed by atoms with Gasteiger partial charge in [-0.25, -0.2) is 4.79 Å². The zero-order chi connectivity index (χ0) is 14.6. The van der Waals surface area contributed by atoms with Crippen LogP contribution in [0.3, 0.4) is 0 Å². The van der Waals surface area contributed by atoms with Crippen LogP contribution in [0.5, 0.6) is 0 Å². The van der Waals surface area contributed by atoms with E-state index in [2.05, 4.69) is 4.74 Å². The van der Waals surface area contributed by atoms with Gasteiger partial charge in [0.25, 0.3) is 0 Å². The number of carbonyl (C=O) groups excluding carboxylic acids is 1. The molecular weight excluding hydrogens is 267 g/mol. The summed E-state index contributed by atoms with van der Waals surface area (Å²) in [6, 6.07) is 1.48. The van der Waals surface area contributed by atoms with Crippen LogP contribution in [0.1, 0.15) is 24.1 Å². The zero-order valence-corrected chi connectivity index (χ0v) is 9.81. The largest absolute Gasteiger partial charge is 0.461 e. The summed E-state index contributed by atoms with van der Waals surface area (Å²) < 4.78 is 42.0. The second kappa shape index (κ2) is 5.68. The van der Waals surface area contributed by atoms with Gasteiger partial charge in [-0.2, -0.15) is 13.2 Å². The summed E-state index contributed by atoms with van der Waals surface area (Å²) in [6.07, 6.45) is -4.63. The summed E-state index contributed by atoms with van der Waals surface area (Å²) in [7, 11) is 0. The number of hydrogen-bond acceptors (Lipinski definition) is 4. The minimum Gasteiger partial charge on any atom is -0.461 e. The third-order valence-corrected chi connectivity index (χ3v) is 2.25. The Bertz CT molecular complexity index is 487. The predicted octanol–water partition coefficient (Wildman–Crippen LogP) is 2.59. The molecule has 104 valence electrons. The molecule has 0 amide bonds. The van der Waals surface area contributed by atoms with Crippen LogP contribution in [-0.4, -0.2) is 17.5 Å². The van der Waals surface area contributed by atoms with Gasteiger partial charge < -0.3 is 4.74 Å². The lowest BCUT2D eigenvalue weighted by molar-refractivity contribution is -0.516. The molecule has 0 spiro atoms. The predicted molar refractivity (Wildman–Crippen MR) is 57.8 cm³/mol. The first-order chi connectivity index (χ1) is 8.77. The Kier molecular flexibility index (Phi) is 4.47. The van der Waals surface area contributed by atoms with Crippen molar-refractivity contribution >= 4 is 5.97 Å². The van der Waals surface area contributed by atoms with Gasteiger partial charge in [0.15, 0.2) is 0 Å². The van der Waals surface area contributed by atoms with Crippen LogP contribution in [0.2, 0.25) is 0 Å². The minimum atomic E-state index is -4.63. The maximum atomic E-state index is 12.5. The van der Waals surface area contributed by atoms with Crippen LogP contribution in [0.25, 0.3) is 0 Å². The topological polar surface area (TPSA) is 69.4 Å². The fourth-order valence-corrected chi connectivity index (χ4v) is 1.45. The van der Waals surface area contributed by atoms with E-state index in [0.29, 0.717) is 6.07 Å². The molecule has 0 bridgehead atoms. The van der Waals surface area contributed by atoms with Crippen molar-refractivity contribution in [2.45, 2.75) is 19.1 Å². The van der Waals surface area contributed by atoms with E-state index in [-0.39, 0.29) is 12.2 Å². The van der Waals surface area contributed by atoms with Crippen molar-refractivity contribution in [3.8, 4) is 0 Å². The summed E-state index contributed by atoms with van der Waals surface area (Å²) in [6.45, 7) is 1.35. The monoisotopic (exact) mass is 277 g/mol. The highest BCUT2D eigenvalue weighted by atomic mass is 19.4. The number of benzene rings is 1. The average molecular weight is 277 g/mol. The van der Waals surface area contributed by atoms with Crippen molar-refractivity contribution in [2.75, 3.05) is 6.61 Å².